The average molecular weight is 156 g/mol. The van der Waals surface area contributed by atoms with Crippen LogP contribution in [0.25, 0.3) is 0 Å². The molecule has 0 bridgehead atoms. The Balaban J connectivity index is 2.70. The van der Waals surface area contributed by atoms with Gasteiger partial charge in [-0.2, -0.15) is 0 Å². The van der Waals surface area contributed by atoms with E-state index in [1.807, 2.05) is 6.92 Å². The van der Waals surface area contributed by atoms with Gasteiger partial charge in [0.2, 0.25) is 0 Å². The van der Waals surface area contributed by atoms with Crippen LogP contribution in [0.5, 0.6) is 0 Å². The molecule has 0 saturated heterocycles. The maximum absolute atomic E-state index is 9.51. The lowest BCUT2D eigenvalue weighted by Gasteiger charge is -2.33. The van der Waals surface area contributed by atoms with Crippen LogP contribution in [0.2, 0.25) is 0 Å². The third-order valence-electron chi connectivity index (χ3n) is 3.72. The van der Waals surface area contributed by atoms with Crippen molar-refractivity contribution in [1.29, 1.82) is 0 Å². The standard InChI is InChI=1S/C10H20O/c1-7-5-6-9(8(2)11)10(7,3)4/h7-9,11H,5-6H2,1-4H3/t7?,8?,9-/m0/s1. The Labute approximate surface area is 69.8 Å². The molecule has 0 amide bonds. The van der Waals surface area contributed by atoms with Crippen LogP contribution in [-0.4, -0.2) is 11.2 Å². The van der Waals surface area contributed by atoms with Crippen molar-refractivity contribution in [3.63, 3.8) is 0 Å². The van der Waals surface area contributed by atoms with Gasteiger partial charge in [-0.05, 0) is 37.0 Å². The zero-order valence-corrected chi connectivity index (χ0v) is 8.09. The van der Waals surface area contributed by atoms with Gasteiger partial charge in [-0.1, -0.05) is 20.8 Å². The summed E-state index contributed by atoms with van der Waals surface area (Å²) in [4.78, 5) is 0. The predicted molar refractivity (Wildman–Crippen MR) is 47.3 cm³/mol. The van der Waals surface area contributed by atoms with E-state index in [1.165, 1.54) is 12.8 Å². The minimum Gasteiger partial charge on any atom is -0.393 e. The highest BCUT2D eigenvalue weighted by Gasteiger charge is 2.42. The van der Waals surface area contributed by atoms with Crippen molar-refractivity contribution in [2.45, 2.75) is 46.6 Å². The number of aliphatic hydroxyl groups is 1. The number of aliphatic hydroxyl groups excluding tert-OH is 1. The van der Waals surface area contributed by atoms with E-state index in [0.717, 1.165) is 5.92 Å². The van der Waals surface area contributed by atoms with Crippen LogP contribution in [0.3, 0.4) is 0 Å². The van der Waals surface area contributed by atoms with Crippen LogP contribution in [0.15, 0.2) is 0 Å². The van der Waals surface area contributed by atoms with Crippen LogP contribution >= 0.6 is 0 Å². The normalized spacial score (nSPS) is 39.0. The van der Waals surface area contributed by atoms with E-state index >= 15 is 0 Å². The van der Waals surface area contributed by atoms with E-state index in [1.54, 1.807) is 0 Å². The Hall–Kier alpha value is -0.0400. The Kier molecular flexibility index (Phi) is 2.29. The van der Waals surface area contributed by atoms with Crippen LogP contribution in [0.4, 0.5) is 0 Å². The number of hydrogen-bond donors (Lipinski definition) is 1. The molecule has 1 nitrogen and oxygen atoms in total. The van der Waals surface area contributed by atoms with Crippen molar-refractivity contribution in [2.24, 2.45) is 17.3 Å². The monoisotopic (exact) mass is 156 g/mol. The molecule has 0 radical (unpaired) electrons. The largest absolute Gasteiger partial charge is 0.393 e. The summed E-state index contributed by atoms with van der Waals surface area (Å²) < 4.78 is 0. The summed E-state index contributed by atoms with van der Waals surface area (Å²) >= 11 is 0. The maximum Gasteiger partial charge on any atom is 0.0545 e. The number of hydrogen-bond acceptors (Lipinski definition) is 1. The summed E-state index contributed by atoms with van der Waals surface area (Å²) in [5.41, 5.74) is 0.341. The summed E-state index contributed by atoms with van der Waals surface area (Å²) in [6.07, 6.45) is 2.35. The summed E-state index contributed by atoms with van der Waals surface area (Å²) in [6, 6.07) is 0. The zero-order valence-electron chi connectivity index (χ0n) is 8.09. The minimum absolute atomic E-state index is 0.130. The Morgan fingerprint density at radius 1 is 1.36 bits per heavy atom. The summed E-state index contributed by atoms with van der Waals surface area (Å²) in [5, 5.41) is 9.51. The van der Waals surface area contributed by atoms with Crippen molar-refractivity contribution >= 4 is 0 Å². The van der Waals surface area contributed by atoms with Crippen LogP contribution in [0, 0.1) is 17.3 Å². The van der Waals surface area contributed by atoms with Gasteiger partial charge in [0.15, 0.2) is 0 Å². The second-order valence-corrected chi connectivity index (χ2v) is 4.65. The molecule has 1 rings (SSSR count). The molecule has 1 fully saturated rings. The van der Waals surface area contributed by atoms with Crippen LogP contribution in [0.1, 0.15) is 40.5 Å². The van der Waals surface area contributed by atoms with Gasteiger partial charge in [0, 0.05) is 0 Å². The smallest absolute Gasteiger partial charge is 0.0545 e. The van der Waals surface area contributed by atoms with Gasteiger partial charge < -0.3 is 5.11 Å². The van der Waals surface area contributed by atoms with Crippen molar-refractivity contribution in [1.82, 2.24) is 0 Å². The first-order valence-electron chi connectivity index (χ1n) is 4.64. The van der Waals surface area contributed by atoms with Crippen molar-refractivity contribution < 1.29 is 5.11 Å². The van der Waals surface area contributed by atoms with Gasteiger partial charge >= 0.3 is 0 Å². The first kappa shape index (κ1) is 9.05. The van der Waals surface area contributed by atoms with Gasteiger partial charge in [-0.15, -0.1) is 0 Å². The van der Waals surface area contributed by atoms with Gasteiger partial charge in [0.25, 0.3) is 0 Å². The predicted octanol–water partition coefficient (Wildman–Crippen LogP) is 2.44. The van der Waals surface area contributed by atoms with E-state index in [4.69, 9.17) is 0 Å². The van der Waals surface area contributed by atoms with Gasteiger partial charge in [-0.3, -0.25) is 0 Å². The molecule has 1 aliphatic carbocycles. The molecule has 11 heavy (non-hydrogen) atoms. The molecular formula is C10H20O. The molecule has 0 aromatic heterocycles. The SMILES string of the molecule is CC(O)[C@@H]1CCC(C)C1(C)C. The van der Waals surface area contributed by atoms with Gasteiger partial charge in [-0.25, -0.2) is 0 Å². The van der Waals surface area contributed by atoms with E-state index < -0.39 is 0 Å². The molecule has 1 saturated carbocycles. The fourth-order valence-corrected chi connectivity index (χ4v) is 2.40. The maximum atomic E-state index is 9.51. The first-order valence-corrected chi connectivity index (χ1v) is 4.64. The second kappa shape index (κ2) is 2.78. The Morgan fingerprint density at radius 2 is 1.91 bits per heavy atom. The lowest BCUT2D eigenvalue weighted by molar-refractivity contribution is 0.0531. The van der Waals surface area contributed by atoms with Gasteiger partial charge in [0.1, 0.15) is 0 Å². The van der Waals surface area contributed by atoms with E-state index in [2.05, 4.69) is 20.8 Å². The molecule has 1 aliphatic rings. The summed E-state index contributed by atoms with van der Waals surface area (Å²) in [5.74, 6) is 1.28. The molecule has 0 heterocycles. The van der Waals surface area contributed by atoms with Gasteiger partial charge in [0.05, 0.1) is 6.10 Å². The summed E-state index contributed by atoms with van der Waals surface area (Å²) in [7, 11) is 0. The molecule has 0 spiro atoms. The lowest BCUT2D eigenvalue weighted by Crippen LogP contribution is -2.30. The molecule has 0 aromatic carbocycles. The highest BCUT2D eigenvalue weighted by atomic mass is 16.3. The highest BCUT2D eigenvalue weighted by Crippen LogP contribution is 2.48. The molecule has 66 valence electrons. The fraction of sp³-hybridized carbons (Fsp3) is 1.00. The molecule has 0 aromatic rings. The number of rotatable bonds is 1. The van der Waals surface area contributed by atoms with Crippen molar-refractivity contribution in [3.05, 3.63) is 0 Å². The summed E-state index contributed by atoms with van der Waals surface area (Å²) in [6.45, 7) is 8.77. The molecule has 3 atom stereocenters. The second-order valence-electron chi connectivity index (χ2n) is 4.65. The third kappa shape index (κ3) is 1.44. The Morgan fingerprint density at radius 3 is 2.09 bits per heavy atom. The van der Waals surface area contributed by atoms with E-state index in [9.17, 15) is 5.11 Å². The van der Waals surface area contributed by atoms with Crippen molar-refractivity contribution in [2.75, 3.05) is 0 Å². The minimum atomic E-state index is -0.130. The lowest BCUT2D eigenvalue weighted by atomic mass is 9.74. The van der Waals surface area contributed by atoms with Crippen LogP contribution < -0.4 is 0 Å². The Bertz CT molecular complexity index is 138. The third-order valence-corrected chi connectivity index (χ3v) is 3.72. The molecule has 2 unspecified atom stereocenters. The first-order chi connectivity index (χ1) is 4.96. The zero-order chi connectivity index (χ0) is 8.65. The molecule has 1 N–H and O–H groups in total. The van der Waals surface area contributed by atoms with Crippen LogP contribution in [-0.2, 0) is 0 Å². The average Bonchev–Trinajstić information content (AvgIpc) is 2.08. The van der Waals surface area contributed by atoms with E-state index in [0.29, 0.717) is 11.3 Å². The molecular weight excluding hydrogens is 136 g/mol. The quantitative estimate of drug-likeness (QED) is 0.618. The highest BCUT2D eigenvalue weighted by molar-refractivity contribution is 4.91. The molecule has 0 aliphatic heterocycles. The topological polar surface area (TPSA) is 20.2 Å². The molecule has 1 heteroatoms. The fourth-order valence-electron chi connectivity index (χ4n) is 2.40. The van der Waals surface area contributed by atoms with E-state index in [-0.39, 0.29) is 6.10 Å². The van der Waals surface area contributed by atoms with Crippen molar-refractivity contribution in [3.8, 4) is 0 Å².